The molecule has 83 heavy (non-hydrogen) atoms. The molecule has 0 N–H and O–H groups in total. The molecule has 0 aliphatic rings. The Hall–Kier alpha value is -3.67. The van der Waals surface area contributed by atoms with Gasteiger partial charge in [-0.05, 0) is 83.5 Å². The van der Waals surface area contributed by atoms with E-state index in [1.807, 2.05) is 0 Å². The molecule has 0 fully saturated rings. The summed E-state index contributed by atoms with van der Waals surface area (Å²) in [4.78, 5) is 38.5. The topological polar surface area (TPSA) is 78.9 Å². The minimum Gasteiger partial charge on any atom is -0.462 e. The third-order valence-electron chi connectivity index (χ3n) is 15.6. The summed E-state index contributed by atoms with van der Waals surface area (Å²) in [6, 6.07) is 0. The summed E-state index contributed by atoms with van der Waals surface area (Å²) in [5.74, 6) is -0.886. The van der Waals surface area contributed by atoms with Gasteiger partial charge in [0, 0.05) is 19.3 Å². The quantitative estimate of drug-likeness (QED) is 0.0261. The lowest BCUT2D eigenvalue weighted by Gasteiger charge is -2.18. The Morgan fingerprint density at radius 2 is 0.470 bits per heavy atom. The van der Waals surface area contributed by atoms with Gasteiger partial charge in [0.2, 0.25) is 0 Å². The molecule has 0 rings (SSSR count). The van der Waals surface area contributed by atoms with Gasteiger partial charge in [0.1, 0.15) is 13.2 Å². The standard InChI is InChI=1S/C77H134O6/c1-4-7-10-13-16-19-22-25-28-30-32-34-35-36-37-38-39-40-41-43-44-46-49-52-55-58-61-64-67-70-76(79)82-73-74(72-81-75(78)69-66-63-60-57-54-51-48-27-24-21-18-15-12-9-6-3)83-77(80)71-68-65-62-59-56-53-50-47-45-42-33-31-29-26-23-20-17-14-11-8-5-2/h7,10,16,19,25,28,32,34,36-37,39-40,43-44,49,52,74H,4-6,8-9,11-15,17-18,20-24,26-27,29-31,33,35,38,41-42,45-48,50-51,53-73H2,1-3H3/b10-7-,19-16-,28-25-,34-32-,37-36-,40-39-,44-43-,52-49-. The highest BCUT2D eigenvalue weighted by Gasteiger charge is 2.19. The summed E-state index contributed by atoms with van der Waals surface area (Å²) in [6.45, 7) is 6.56. The monoisotopic (exact) mass is 1160 g/mol. The zero-order valence-electron chi connectivity index (χ0n) is 54.9. The van der Waals surface area contributed by atoms with Crippen molar-refractivity contribution in [3.8, 4) is 0 Å². The first-order chi connectivity index (χ1) is 41.0. The Labute approximate surface area is 515 Å². The van der Waals surface area contributed by atoms with E-state index in [1.165, 1.54) is 193 Å². The van der Waals surface area contributed by atoms with E-state index in [1.54, 1.807) is 0 Å². The molecule has 0 saturated carbocycles. The molecule has 0 amide bonds. The lowest BCUT2D eigenvalue weighted by atomic mass is 10.0. The number of carbonyl (C=O) groups excluding carboxylic acids is 3. The van der Waals surface area contributed by atoms with Gasteiger partial charge in [0.05, 0.1) is 0 Å². The van der Waals surface area contributed by atoms with E-state index in [0.29, 0.717) is 19.3 Å². The molecule has 0 aromatic rings. The zero-order valence-corrected chi connectivity index (χ0v) is 54.9. The summed E-state index contributed by atoms with van der Waals surface area (Å²) in [7, 11) is 0. The predicted molar refractivity (Wildman–Crippen MR) is 362 cm³/mol. The minimum atomic E-state index is -0.787. The molecule has 0 aromatic heterocycles. The average molecular weight is 1160 g/mol. The molecule has 0 saturated heterocycles. The molecule has 0 aromatic carbocycles. The van der Waals surface area contributed by atoms with Crippen LogP contribution in [-0.2, 0) is 28.6 Å². The van der Waals surface area contributed by atoms with Gasteiger partial charge in [-0.25, -0.2) is 0 Å². The van der Waals surface area contributed by atoms with Crippen LogP contribution in [0, 0.1) is 0 Å². The van der Waals surface area contributed by atoms with Gasteiger partial charge in [0.25, 0.3) is 0 Å². The van der Waals surface area contributed by atoms with Crippen LogP contribution in [0.1, 0.15) is 355 Å². The first kappa shape index (κ1) is 79.3. The third-order valence-corrected chi connectivity index (χ3v) is 15.6. The van der Waals surface area contributed by atoms with Crippen LogP contribution in [0.5, 0.6) is 0 Å². The van der Waals surface area contributed by atoms with Crippen molar-refractivity contribution >= 4 is 17.9 Å². The Morgan fingerprint density at radius 3 is 0.735 bits per heavy atom. The molecule has 0 aliphatic carbocycles. The fourth-order valence-electron chi connectivity index (χ4n) is 10.3. The van der Waals surface area contributed by atoms with E-state index in [-0.39, 0.29) is 31.1 Å². The van der Waals surface area contributed by atoms with Crippen LogP contribution in [0.2, 0.25) is 0 Å². The molecule has 0 spiro atoms. The van der Waals surface area contributed by atoms with Crippen LogP contribution in [0.25, 0.3) is 0 Å². The number of unbranched alkanes of at least 4 members (excludes halogenated alkanes) is 38. The van der Waals surface area contributed by atoms with Gasteiger partial charge in [-0.15, -0.1) is 0 Å². The van der Waals surface area contributed by atoms with Crippen molar-refractivity contribution in [1.82, 2.24) is 0 Å². The zero-order chi connectivity index (χ0) is 59.9. The van der Waals surface area contributed by atoms with Crippen molar-refractivity contribution in [2.24, 2.45) is 0 Å². The summed E-state index contributed by atoms with van der Waals surface area (Å²) in [5.41, 5.74) is 0. The Balaban J connectivity index is 4.37. The number of carbonyl (C=O) groups is 3. The van der Waals surface area contributed by atoms with E-state index in [4.69, 9.17) is 14.2 Å². The third kappa shape index (κ3) is 69.0. The Morgan fingerprint density at radius 1 is 0.253 bits per heavy atom. The Bertz CT molecular complexity index is 1610. The maximum absolute atomic E-state index is 13.0. The van der Waals surface area contributed by atoms with Crippen molar-refractivity contribution in [3.63, 3.8) is 0 Å². The molecule has 1 atom stereocenters. The highest BCUT2D eigenvalue weighted by Crippen LogP contribution is 2.18. The maximum atomic E-state index is 13.0. The molecular formula is C77H134O6. The minimum absolute atomic E-state index is 0.0807. The summed E-state index contributed by atoms with van der Waals surface area (Å²) in [5, 5.41) is 0. The first-order valence-electron chi connectivity index (χ1n) is 35.7. The van der Waals surface area contributed by atoms with Gasteiger partial charge in [-0.2, -0.15) is 0 Å². The molecule has 0 radical (unpaired) electrons. The number of allylic oxidation sites excluding steroid dienone is 16. The van der Waals surface area contributed by atoms with E-state index >= 15 is 0 Å². The van der Waals surface area contributed by atoms with E-state index in [9.17, 15) is 14.4 Å². The smallest absolute Gasteiger partial charge is 0.306 e. The lowest BCUT2D eigenvalue weighted by molar-refractivity contribution is -0.167. The predicted octanol–water partition coefficient (Wildman–Crippen LogP) is 24.8. The van der Waals surface area contributed by atoms with Gasteiger partial charge < -0.3 is 14.2 Å². The van der Waals surface area contributed by atoms with E-state index < -0.39 is 6.10 Å². The van der Waals surface area contributed by atoms with Gasteiger partial charge >= 0.3 is 17.9 Å². The highest BCUT2D eigenvalue weighted by atomic mass is 16.6. The molecule has 0 bridgehead atoms. The van der Waals surface area contributed by atoms with E-state index in [0.717, 1.165) is 122 Å². The van der Waals surface area contributed by atoms with Crippen LogP contribution in [0.3, 0.4) is 0 Å². The number of hydrogen-bond donors (Lipinski definition) is 0. The van der Waals surface area contributed by atoms with Crippen molar-refractivity contribution < 1.29 is 28.6 Å². The van der Waals surface area contributed by atoms with Crippen molar-refractivity contribution in [2.45, 2.75) is 361 Å². The summed E-state index contributed by atoms with van der Waals surface area (Å²) in [6.07, 6.45) is 95.7. The number of ether oxygens (including phenoxy) is 3. The molecular weight excluding hydrogens is 1020 g/mol. The largest absolute Gasteiger partial charge is 0.462 e. The number of rotatable bonds is 65. The molecule has 0 aliphatic heterocycles. The molecule has 478 valence electrons. The van der Waals surface area contributed by atoms with Crippen molar-refractivity contribution in [1.29, 1.82) is 0 Å². The van der Waals surface area contributed by atoms with E-state index in [2.05, 4.69) is 118 Å². The van der Waals surface area contributed by atoms with Crippen LogP contribution >= 0.6 is 0 Å². The fourth-order valence-corrected chi connectivity index (χ4v) is 10.3. The SMILES string of the molecule is CC/C=C\C/C=C\C/C=C\C/C=C\C/C=C\C/C=C\C/C=C\C/C=C\CCCCCCC(=O)OCC(COC(=O)CCCCCCCCCCCCCCCCC)OC(=O)CCCCCCCCCCCCCCCCCCCCCCC. The summed E-state index contributed by atoms with van der Waals surface area (Å²) < 4.78 is 17.0. The molecule has 0 heterocycles. The maximum Gasteiger partial charge on any atom is 0.306 e. The van der Waals surface area contributed by atoms with Gasteiger partial charge in [0.15, 0.2) is 6.10 Å². The second kappa shape index (κ2) is 70.8. The van der Waals surface area contributed by atoms with Crippen LogP contribution < -0.4 is 0 Å². The first-order valence-corrected chi connectivity index (χ1v) is 35.7. The normalized spacial score (nSPS) is 12.7. The highest BCUT2D eigenvalue weighted by molar-refractivity contribution is 5.71. The van der Waals surface area contributed by atoms with Crippen LogP contribution in [0.4, 0.5) is 0 Å². The molecule has 6 nitrogen and oxygen atoms in total. The van der Waals surface area contributed by atoms with Gasteiger partial charge in [-0.1, -0.05) is 349 Å². The second-order valence-electron chi connectivity index (χ2n) is 23.8. The van der Waals surface area contributed by atoms with Gasteiger partial charge in [-0.3, -0.25) is 14.4 Å². The average Bonchev–Trinajstić information content (AvgIpc) is 3.49. The number of hydrogen-bond acceptors (Lipinski definition) is 6. The fraction of sp³-hybridized carbons (Fsp3) is 0.753. The molecule has 6 heteroatoms. The second-order valence-corrected chi connectivity index (χ2v) is 23.8. The van der Waals surface area contributed by atoms with Crippen molar-refractivity contribution in [3.05, 3.63) is 97.2 Å². The lowest BCUT2D eigenvalue weighted by Crippen LogP contribution is -2.30. The van der Waals surface area contributed by atoms with Crippen LogP contribution in [-0.4, -0.2) is 37.2 Å². The van der Waals surface area contributed by atoms with Crippen LogP contribution in [0.15, 0.2) is 97.2 Å². The van der Waals surface area contributed by atoms with Crippen molar-refractivity contribution in [2.75, 3.05) is 13.2 Å². The number of esters is 3. The summed E-state index contributed by atoms with van der Waals surface area (Å²) >= 11 is 0. The molecule has 1 unspecified atom stereocenters. The Kier molecular flexibility index (Phi) is 67.7.